The molecule has 0 radical (unpaired) electrons. The molecule has 0 heterocycles. The molecular weight excluding hydrogens is 262 g/mol. The van der Waals surface area contributed by atoms with Crippen molar-refractivity contribution in [3.63, 3.8) is 0 Å². The summed E-state index contributed by atoms with van der Waals surface area (Å²) in [5.74, 6) is 0.963. The fraction of sp³-hybridized carbons (Fsp3) is 0.200. The molecule has 0 saturated carbocycles. The molecule has 0 fully saturated rings. The van der Waals surface area contributed by atoms with Gasteiger partial charge in [0, 0.05) is 12.5 Å². The molecule has 0 bridgehead atoms. The molecule has 19 heavy (non-hydrogen) atoms. The average Bonchev–Trinajstić information content (AvgIpc) is 2.43. The molecule has 0 aromatic heterocycles. The van der Waals surface area contributed by atoms with Crippen LogP contribution in [0.2, 0.25) is 5.02 Å². The zero-order chi connectivity index (χ0) is 13.7. The Labute approximate surface area is 117 Å². The molecular formula is C15H16ClNO2. The van der Waals surface area contributed by atoms with E-state index in [1.165, 1.54) is 0 Å². The van der Waals surface area contributed by atoms with E-state index in [1.807, 2.05) is 30.3 Å². The van der Waals surface area contributed by atoms with Crippen molar-refractivity contribution in [2.45, 2.75) is 5.92 Å². The molecule has 0 spiro atoms. The van der Waals surface area contributed by atoms with Crippen LogP contribution in [0.3, 0.4) is 0 Å². The lowest BCUT2D eigenvalue weighted by Crippen LogP contribution is -2.19. The Morgan fingerprint density at radius 3 is 2.42 bits per heavy atom. The normalized spacial score (nSPS) is 12.1. The van der Waals surface area contributed by atoms with Crippen molar-refractivity contribution in [2.24, 2.45) is 5.73 Å². The highest BCUT2D eigenvalue weighted by Crippen LogP contribution is 2.25. The number of halogens is 1. The van der Waals surface area contributed by atoms with Crippen molar-refractivity contribution in [3.8, 4) is 11.5 Å². The Kier molecular flexibility index (Phi) is 4.66. The number of hydrogen-bond donors (Lipinski definition) is 2. The number of benzene rings is 2. The van der Waals surface area contributed by atoms with Gasteiger partial charge in [-0.25, -0.2) is 0 Å². The number of hydrogen-bond acceptors (Lipinski definition) is 3. The summed E-state index contributed by atoms with van der Waals surface area (Å²) < 4.78 is 5.70. The Balaban J connectivity index is 2.04. The van der Waals surface area contributed by atoms with Crippen molar-refractivity contribution in [3.05, 3.63) is 59.1 Å². The Morgan fingerprint density at radius 2 is 1.79 bits per heavy atom. The summed E-state index contributed by atoms with van der Waals surface area (Å²) in [5, 5.41) is 9.86. The number of aromatic hydroxyl groups is 1. The summed E-state index contributed by atoms with van der Waals surface area (Å²) in [6.45, 7) is 0.917. The number of rotatable bonds is 5. The number of phenols is 1. The van der Waals surface area contributed by atoms with Gasteiger partial charge in [-0.1, -0.05) is 35.9 Å². The van der Waals surface area contributed by atoms with Crippen LogP contribution in [0.4, 0.5) is 0 Å². The van der Waals surface area contributed by atoms with Gasteiger partial charge >= 0.3 is 0 Å². The number of para-hydroxylation sites is 1. The van der Waals surface area contributed by atoms with Gasteiger partial charge in [0.05, 0.1) is 11.6 Å². The minimum Gasteiger partial charge on any atom is -0.508 e. The highest BCUT2D eigenvalue weighted by molar-refractivity contribution is 6.32. The SMILES string of the molecule is NCC(COc1ccccc1Cl)c1ccc(O)cc1. The first-order valence-corrected chi connectivity index (χ1v) is 6.45. The highest BCUT2D eigenvalue weighted by Gasteiger charge is 2.11. The Hall–Kier alpha value is -1.71. The number of phenolic OH excluding ortho intramolecular Hbond substituents is 1. The standard InChI is InChI=1S/C15H16ClNO2/c16-14-3-1-2-4-15(14)19-10-12(9-17)11-5-7-13(18)8-6-11/h1-8,12,18H,9-10,17H2. The van der Waals surface area contributed by atoms with Crippen LogP contribution >= 0.6 is 11.6 Å². The molecule has 100 valence electrons. The molecule has 0 aliphatic rings. The van der Waals surface area contributed by atoms with Crippen LogP contribution < -0.4 is 10.5 Å². The van der Waals surface area contributed by atoms with E-state index < -0.39 is 0 Å². The van der Waals surface area contributed by atoms with Gasteiger partial charge < -0.3 is 15.6 Å². The second kappa shape index (κ2) is 6.45. The van der Waals surface area contributed by atoms with E-state index >= 15 is 0 Å². The van der Waals surface area contributed by atoms with Gasteiger partial charge in [-0.05, 0) is 29.8 Å². The van der Waals surface area contributed by atoms with Crippen molar-refractivity contribution >= 4 is 11.6 Å². The van der Waals surface area contributed by atoms with E-state index in [0.29, 0.717) is 23.9 Å². The first-order chi connectivity index (χ1) is 9.20. The van der Waals surface area contributed by atoms with Crippen LogP contribution in [0.1, 0.15) is 11.5 Å². The van der Waals surface area contributed by atoms with Crippen LogP contribution in [-0.4, -0.2) is 18.3 Å². The van der Waals surface area contributed by atoms with Crippen LogP contribution in [-0.2, 0) is 0 Å². The highest BCUT2D eigenvalue weighted by atomic mass is 35.5. The molecule has 0 aliphatic heterocycles. The largest absolute Gasteiger partial charge is 0.508 e. The molecule has 4 heteroatoms. The predicted molar refractivity (Wildman–Crippen MR) is 76.8 cm³/mol. The summed E-state index contributed by atoms with van der Waals surface area (Å²) in [4.78, 5) is 0. The Morgan fingerprint density at radius 1 is 1.11 bits per heavy atom. The van der Waals surface area contributed by atoms with Crippen molar-refractivity contribution in [2.75, 3.05) is 13.2 Å². The van der Waals surface area contributed by atoms with Gasteiger partial charge in [-0.15, -0.1) is 0 Å². The predicted octanol–water partition coefficient (Wildman–Crippen LogP) is 3.17. The lowest BCUT2D eigenvalue weighted by molar-refractivity contribution is 0.290. The van der Waals surface area contributed by atoms with Crippen LogP contribution in [0, 0.1) is 0 Å². The van der Waals surface area contributed by atoms with Crippen molar-refractivity contribution in [1.29, 1.82) is 0 Å². The second-order valence-corrected chi connectivity index (χ2v) is 4.67. The van der Waals surface area contributed by atoms with E-state index in [9.17, 15) is 5.11 Å². The molecule has 2 aromatic rings. The number of nitrogens with two attached hydrogens (primary N) is 1. The molecule has 2 aromatic carbocycles. The molecule has 0 aliphatic carbocycles. The zero-order valence-corrected chi connectivity index (χ0v) is 11.2. The third-order valence-electron chi connectivity index (χ3n) is 2.93. The molecule has 2 rings (SSSR count). The molecule has 0 saturated heterocycles. The van der Waals surface area contributed by atoms with Gasteiger partial charge in [0.1, 0.15) is 11.5 Å². The number of ether oxygens (including phenoxy) is 1. The average molecular weight is 278 g/mol. The molecule has 1 atom stereocenters. The maximum absolute atomic E-state index is 9.28. The summed E-state index contributed by atoms with van der Waals surface area (Å²) >= 11 is 6.03. The topological polar surface area (TPSA) is 55.5 Å². The maximum Gasteiger partial charge on any atom is 0.137 e. The van der Waals surface area contributed by atoms with E-state index in [-0.39, 0.29) is 11.7 Å². The van der Waals surface area contributed by atoms with Gasteiger partial charge in [0.2, 0.25) is 0 Å². The van der Waals surface area contributed by atoms with E-state index in [0.717, 1.165) is 5.56 Å². The monoisotopic (exact) mass is 277 g/mol. The third kappa shape index (κ3) is 3.63. The summed E-state index contributed by atoms with van der Waals surface area (Å²) in [7, 11) is 0. The first kappa shape index (κ1) is 13.7. The van der Waals surface area contributed by atoms with E-state index in [4.69, 9.17) is 22.1 Å². The van der Waals surface area contributed by atoms with E-state index in [2.05, 4.69) is 0 Å². The summed E-state index contributed by atoms with van der Waals surface area (Å²) in [6.07, 6.45) is 0. The molecule has 1 unspecified atom stereocenters. The second-order valence-electron chi connectivity index (χ2n) is 4.27. The zero-order valence-electron chi connectivity index (χ0n) is 10.4. The van der Waals surface area contributed by atoms with Crippen LogP contribution in [0.25, 0.3) is 0 Å². The molecule has 3 nitrogen and oxygen atoms in total. The van der Waals surface area contributed by atoms with Gasteiger partial charge in [-0.2, -0.15) is 0 Å². The summed E-state index contributed by atoms with van der Waals surface area (Å²) in [6, 6.07) is 14.3. The lowest BCUT2D eigenvalue weighted by Gasteiger charge is -2.17. The Bertz CT molecular complexity index is 528. The van der Waals surface area contributed by atoms with Crippen LogP contribution in [0.5, 0.6) is 11.5 Å². The maximum atomic E-state index is 9.28. The quantitative estimate of drug-likeness (QED) is 0.883. The fourth-order valence-corrected chi connectivity index (χ4v) is 1.99. The minimum absolute atomic E-state index is 0.0665. The van der Waals surface area contributed by atoms with E-state index in [1.54, 1.807) is 18.2 Å². The lowest BCUT2D eigenvalue weighted by atomic mass is 10.0. The third-order valence-corrected chi connectivity index (χ3v) is 3.24. The van der Waals surface area contributed by atoms with Gasteiger partial charge in [0.15, 0.2) is 0 Å². The smallest absolute Gasteiger partial charge is 0.137 e. The molecule has 3 N–H and O–H groups in total. The van der Waals surface area contributed by atoms with Crippen LogP contribution in [0.15, 0.2) is 48.5 Å². The fourth-order valence-electron chi connectivity index (χ4n) is 1.80. The van der Waals surface area contributed by atoms with Crippen molar-refractivity contribution in [1.82, 2.24) is 0 Å². The first-order valence-electron chi connectivity index (χ1n) is 6.07. The summed E-state index contributed by atoms with van der Waals surface area (Å²) in [5.41, 5.74) is 6.80. The minimum atomic E-state index is 0.0665. The van der Waals surface area contributed by atoms with Crippen molar-refractivity contribution < 1.29 is 9.84 Å². The van der Waals surface area contributed by atoms with Gasteiger partial charge in [0.25, 0.3) is 0 Å². The molecule has 0 amide bonds. The van der Waals surface area contributed by atoms with Gasteiger partial charge in [-0.3, -0.25) is 0 Å².